The topological polar surface area (TPSA) is 79.5 Å². The number of halogens is 2. The van der Waals surface area contributed by atoms with E-state index < -0.39 is 11.7 Å². The average molecular weight is 436 g/mol. The van der Waals surface area contributed by atoms with Gasteiger partial charge in [-0.25, -0.2) is 4.39 Å². The van der Waals surface area contributed by atoms with Gasteiger partial charge in [0.05, 0.1) is 5.56 Å². The highest BCUT2D eigenvalue weighted by atomic mass is 127. The Morgan fingerprint density at radius 1 is 1.17 bits per heavy atom. The Balaban J connectivity index is 0.00000484. The van der Waals surface area contributed by atoms with Crippen molar-refractivity contribution in [1.29, 1.82) is 0 Å². The third-order valence-electron chi connectivity index (χ3n) is 3.13. The summed E-state index contributed by atoms with van der Waals surface area (Å²) in [5, 5.41) is 5.54. The molecule has 5 nitrogen and oxygen atoms in total. The Hall–Kier alpha value is -1.38. The van der Waals surface area contributed by atoms with E-state index in [1.165, 1.54) is 25.0 Å². The lowest BCUT2D eigenvalue weighted by atomic mass is 10.2. The fraction of sp³-hybridized carbons (Fsp3) is 0.500. The van der Waals surface area contributed by atoms with Crippen LogP contribution in [0.2, 0.25) is 0 Å². The first kappa shape index (κ1) is 21.6. The van der Waals surface area contributed by atoms with E-state index in [0.29, 0.717) is 25.6 Å². The van der Waals surface area contributed by atoms with Crippen LogP contribution >= 0.6 is 24.0 Å². The van der Waals surface area contributed by atoms with Gasteiger partial charge in [0.1, 0.15) is 5.82 Å². The lowest BCUT2D eigenvalue weighted by Crippen LogP contribution is -2.38. The SMILES string of the molecule is CCCCCCN=C(N)NCCNC(=O)c1ccccc1F.I. The molecule has 0 unspecified atom stereocenters. The summed E-state index contributed by atoms with van der Waals surface area (Å²) in [4.78, 5) is 15.9. The zero-order chi connectivity index (χ0) is 16.2. The van der Waals surface area contributed by atoms with Gasteiger partial charge in [-0.2, -0.15) is 0 Å². The number of aliphatic imine (C=N–C) groups is 1. The van der Waals surface area contributed by atoms with Crippen molar-refractivity contribution >= 4 is 35.8 Å². The van der Waals surface area contributed by atoms with Gasteiger partial charge < -0.3 is 16.4 Å². The smallest absolute Gasteiger partial charge is 0.254 e. The Morgan fingerprint density at radius 2 is 1.87 bits per heavy atom. The van der Waals surface area contributed by atoms with Gasteiger partial charge in [-0.1, -0.05) is 38.3 Å². The first-order valence-electron chi connectivity index (χ1n) is 7.71. The number of carbonyl (C=O) groups excluding carboxylic acids is 1. The molecule has 0 aromatic heterocycles. The third-order valence-corrected chi connectivity index (χ3v) is 3.13. The van der Waals surface area contributed by atoms with Crippen LogP contribution in [0.1, 0.15) is 43.0 Å². The molecular formula is C16H26FIN4O. The molecule has 130 valence electrons. The van der Waals surface area contributed by atoms with E-state index in [9.17, 15) is 9.18 Å². The number of unbranched alkanes of at least 4 members (excludes halogenated alkanes) is 3. The van der Waals surface area contributed by atoms with Crippen molar-refractivity contribution in [2.24, 2.45) is 10.7 Å². The molecule has 0 spiro atoms. The number of hydrogen-bond donors (Lipinski definition) is 3. The lowest BCUT2D eigenvalue weighted by molar-refractivity contribution is 0.0950. The summed E-state index contributed by atoms with van der Waals surface area (Å²) in [5.74, 6) is -0.590. The van der Waals surface area contributed by atoms with Crippen molar-refractivity contribution in [1.82, 2.24) is 10.6 Å². The Morgan fingerprint density at radius 3 is 2.57 bits per heavy atom. The monoisotopic (exact) mass is 436 g/mol. The molecule has 23 heavy (non-hydrogen) atoms. The molecule has 1 aromatic carbocycles. The molecule has 0 atom stereocenters. The molecule has 0 aliphatic carbocycles. The maximum Gasteiger partial charge on any atom is 0.254 e. The molecule has 0 aliphatic rings. The number of amides is 1. The van der Waals surface area contributed by atoms with E-state index in [2.05, 4.69) is 22.5 Å². The predicted molar refractivity (Wildman–Crippen MR) is 103 cm³/mol. The van der Waals surface area contributed by atoms with Crippen molar-refractivity contribution in [3.8, 4) is 0 Å². The molecule has 0 aliphatic heterocycles. The molecule has 0 fully saturated rings. The minimum absolute atomic E-state index is 0. The number of carbonyl (C=O) groups is 1. The summed E-state index contributed by atoms with van der Waals surface area (Å²) in [5.41, 5.74) is 5.75. The van der Waals surface area contributed by atoms with Crippen molar-refractivity contribution < 1.29 is 9.18 Å². The summed E-state index contributed by atoms with van der Waals surface area (Å²) in [6, 6.07) is 5.88. The highest BCUT2D eigenvalue weighted by Gasteiger charge is 2.09. The molecular weight excluding hydrogens is 410 g/mol. The lowest BCUT2D eigenvalue weighted by Gasteiger charge is -2.08. The van der Waals surface area contributed by atoms with Crippen LogP contribution in [-0.2, 0) is 0 Å². The summed E-state index contributed by atoms with van der Waals surface area (Å²) in [7, 11) is 0. The maximum absolute atomic E-state index is 13.4. The highest BCUT2D eigenvalue weighted by Crippen LogP contribution is 2.05. The second-order valence-corrected chi connectivity index (χ2v) is 4.99. The Kier molecular flexibility index (Phi) is 12.3. The van der Waals surface area contributed by atoms with Gasteiger partial charge in [0.25, 0.3) is 5.91 Å². The Labute approximate surface area is 154 Å². The molecule has 1 aromatic rings. The van der Waals surface area contributed by atoms with Crippen LogP contribution in [0.3, 0.4) is 0 Å². The van der Waals surface area contributed by atoms with Gasteiger partial charge in [0, 0.05) is 19.6 Å². The molecule has 0 heterocycles. The van der Waals surface area contributed by atoms with Crippen LogP contribution in [0.15, 0.2) is 29.3 Å². The summed E-state index contributed by atoms with van der Waals surface area (Å²) in [6.07, 6.45) is 4.59. The largest absolute Gasteiger partial charge is 0.370 e. The van der Waals surface area contributed by atoms with Crippen molar-refractivity contribution in [2.75, 3.05) is 19.6 Å². The van der Waals surface area contributed by atoms with Crippen molar-refractivity contribution in [3.63, 3.8) is 0 Å². The quantitative estimate of drug-likeness (QED) is 0.241. The second-order valence-electron chi connectivity index (χ2n) is 4.99. The normalized spacial score (nSPS) is 10.8. The van der Waals surface area contributed by atoms with Crippen LogP contribution < -0.4 is 16.4 Å². The van der Waals surface area contributed by atoms with Crippen LogP contribution in [0.4, 0.5) is 4.39 Å². The van der Waals surface area contributed by atoms with E-state index in [0.717, 1.165) is 12.8 Å². The number of rotatable bonds is 9. The molecule has 0 saturated heterocycles. The number of guanidine groups is 1. The van der Waals surface area contributed by atoms with Crippen molar-refractivity contribution in [2.45, 2.75) is 32.6 Å². The van der Waals surface area contributed by atoms with E-state index in [-0.39, 0.29) is 29.5 Å². The van der Waals surface area contributed by atoms with Gasteiger partial charge in [0.15, 0.2) is 5.96 Å². The van der Waals surface area contributed by atoms with Gasteiger partial charge >= 0.3 is 0 Å². The zero-order valence-electron chi connectivity index (χ0n) is 13.5. The van der Waals surface area contributed by atoms with E-state index in [4.69, 9.17) is 5.73 Å². The third kappa shape index (κ3) is 9.37. The summed E-state index contributed by atoms with van der Waals surface area (Å²) < 4.78 is 13.4. The van der Waals surface area contributed by atoms with E-state index in [1.54, 1.807) is 12.1 Å². The number of benzene rings is 1. The van der Waals surface area contributed by atoms with E-state index in [1.807, 2.05) is 0 Å². The molecule has 4 N–H and O–H groups in total. The first-order chi connectivity index (χ1) is 10.6. The summed E-state index contributed by atoms with van der Waals surface area (Å²) >= 11 is 0. The van der Waals surface area contributed by atoms with Gasteiger partial charge in [-0.05, 0) is 18.6 Å². The van der Waals surface area contributed by atoms with Crippen LogP contribution in [0.5, 0.6) is 0 Å². The van der Waals surface area contributed by atoms with Crippen LogP contribution in [0.25, 0.3) is 0 Å². The van der Waals surface area contributed by atoms with E-state index >= 15 is 0 Å². The number of nitrogens with zero attached hydrogens (tertiary/aromatic N) is 1. The minimum atomic E-state index is -0.527. The van der Waals surface area contributed by atoms with Gasteiger partial charge in [-0.15, -0.1) is 24.0 Å². The average Bonchev–Trinajstić information content (AvgIpc) is 2.51. The molecule has 0 bridgehead atoms. The second kappa shape index (κ2) is 13.1. The highest BCUT2D eigenvalue weighted by molar-refractivity contribution is 14.0. The molecule has 0 saturated carbocycles. The maximum atomic E-state index is 13.4. The fourth-order valence-electron chi connectivity index (χ4n) is 1.90. The molecule has 0 radical (unpaired) electrons. The first-order valence-corrected chi connectivity index (χ1v) is 7.71. The molecule has 1 rings (SSSR count). The zero-order valence-corrected chi connectivity index (χ0v) is 15.8. The number of nitrogens with one attached hydrogen (secondary N) is 2. The van der Waals surface area contributed by atoms with Gasteiger partial charge in [0.2, 0.25) is 0 Å². The number of hydrogen-bond acceptors (Lipinski definition) is 2. The minimum Gasteiger partial charge on any atom is -0.370 e. The number of nitrogens with two attached hydrogens (primary N) is 1. The molecule has 1 amide bonds. The molecule has 7 heteroatoms. The predicted octanol–water partition coefficient (Wildman–Crippen LogP) is 2.66. The van der Waals surface area contributed by atoms with Crippen LogP contribution in [0, 0.1) is 5.82 Å². The standard InChI is InChI=1S/C16H25FN4O.HI/c1-2-3-4-7-10-20-16(18)21-12-11-19-15(22)13-8-5-6-9-14(13)17;/h5-6,8-9H,2-4,7,10-12H2,1H3,(H,19,22)(H3,18,20,21);1H. The van der Waals surface area contributed by atoms with Crippen LogP contribution in [-0.4, -0.2) is 31.5 Å². The van der Waals surface area contributed by atoms with Gasteiger partial charge in [-0.3, -0.25) is 9.79 Å². The summed E-state index contributed by atoms with van der Waals surface area (Å²) in [6.45, 7) is 3.67. The Bertz CT molecular complexity index is 497. The fourth-order valence-corrected chi connectivity index (χ4v) is 1.90. The van der Waals surface area contributed by atoms with Crippen molar-refractivity contribution in [3.05, 3.63) is 35.6 Å².